The maximum atomic E-state index is 13.1. The quantitative estimate of drug-likeness (QED) is 0.780. The standard InChI is InChI=1S/C15H18F3N7/c1-5-10(13-8(2)23-24(4)9(13)3)21-12-6-11(15(16,17)18)22-14-19-7-20-25(12)14/h6-7,10,21H,5H2,1-4H3. The summed E-state index contributed by atoms with van der Waals surface area (Å²) in [6.07, 6.45) is -2.73. The molecule has 0 aliphatic carbocycles. The fourth-order valence-corrected chi connectivity index (χ4v) is 2.91. The van der Waals surface area contributed by atoms with Crippen molar-refractivity contribution in [3.63, 3.8) is 0 Å². The van der Waals surface area contributed by atoms with Gasteiger partial charge in [0.15, 0.2) is 5.69 Å². The van der Waals surface area contributed by atoms with E-state index in [0.29, 0.717) is 6.42 Å². The molecule has 134 valence electrons. The summed E-state index contributed by atoms with van der Waals surface area (Å²) in [5, 5.41) is 11.5. The third-order valence-corrected chi connectivity index (χ3v) is 4.19. The molecule has 0 aliphatic rings. The number of aryl methyl sites for hydroxylation is 2. The summed E-state index contributed by atoms with van der Waals surface area (Å²) >= 11 is 0. The SMILES string of the molecule is CCC(Nc1cc(C(F)(F)F)nc2ncnn12)c1c(C)nn(C)c1C. The summed E-state index contributed by atoms with van der Waals surface area (Å²) in [6, 6.07) is 0.732. The highest BCUT2D eigenvalue weighted by molar-refractivity contribution is 5.48. The van der Waals surface area contributed by atoms with Crippen LogP contribution >= 0.6 is 0 Å². The summed E-state index contributed by atoms with van der Waals surface area (Å²) in [4.78, 5) is 7.30. The van der Waals surface area contributed by atoms with Gasteiger partial charge in [-0.05, 0) is 20.3 Å². The van der Waals surface area contributed by atoms with Gasteiger partial charge < -0.3 is 5.32 Å². The lowest BCUT2D eigenvalue weighted by molar-refractivity contribution is -0.141. The Bertz CT molecular complexity index is 910. The van der Waals surface area contributed by atoms with Crippen molar-refractivity contribution < 1.29 is 13.2 Å². The monoisotopic (exact) mass is 353 g/mol. The minimum atomic E-state index is -4.56. The maximum absolute atomic E-state index is 13.1. The highest BCUT2D eigenvalue weighted by Crippen LogP contribution is 2.32. The molecule has 1 atom stereocenters. The Morgan fingerprint density at radius 2 is 2.00 bits per heavy atom. The Kier molecular flexibility index (Phi) is 4.13. The largest absolute Gasteiger partial charge is 0.433 e. The van der Waals surface area contributed by atoms with Crippen molar-refractivity contribution in [1.29, 1.82) is 0 Å². The number of halogens is 3. The van der Waals surface area contributed by atoms with E-state index >= 15 is 0 Å². The van der Waals surface area contributed by atoms with Crippen molar-refractivity contribution in [2.24, 2.45) is 7.05 Å². The lowest BCUT2D eigenvalue weighted by Gasteiger charge is -2.20. The van der Waals surface area contributed by atoms with Crippen LogP contribution in [0.4, 0.5) is 19.0 Å². The van der Waals surface area contributed by atoms with Crippen LogP contribution in [-0.4, -0.2) is 29.4 Å². The Hall–Kier alpha value is -2.65. The molecule has 0 spiro atoms. The molecule has 0 radical (unpaired) electrons. The fraction of sp³-hybridized carbons (Fsp3) is 0.467. The normalized spacial score (nSPS) is 13.4. The molecule has 0 aliphatic heterocycles. The average molecular weight is 353 g/mol. The Balaban J connectivity index is 2.08. The van der Waals surface area contributed by atoms with Crippen LogP contribution in [0.3, 0.4) is 0 Å². The maximum Gasteiger partial charge on any atom is 0.433 e. The number of fused-ring (bicyclic) bond motifs is 1. The summed E-state index contributed by atoms with van der Waals surface area (Å²) in [5.74, 6) is 0.0798. The minimum Gasteiger partial charge on any atom is -0.363 e. The second-order valence-corrected chi connectivity index (χ2v) is 5.81. The van der Waals surface area contributed by atoms with Crippen molar-refractivity contribution in [3.05, 3.63) is 35.0 Å². The van der Waals surface area contributed by atoms with Crippen molar-refractivity contribution in [2.45, 2.75) is 39.4 Å². The van der Waals surface area contributed by atoms with Gasteiger partial charge in [0.05, 0.1) is 11.7 Å². The molecule has 25 heavy (non-hydrogen) atoms. The molecule has 0 saturated heterocycles. The van der Waals surface area contributed by atoms with Crippen LogP contribution in [0.1, 0.15) is 42.0 Å². The van der Waals surface area contributed by atoms with Gasteiger partial charge in [-0.25, -0.2) is 4.98 Å². The van der Waals surface area contributed by atoms with E-state index in [1.165, 1.54) is 10.8 Å². The molecule has 0 aromatic carbocycles. The molecular weight excluding hydrogens is 335 g/mol. The molecule has 0 bridgehead atoms. The van der Waals surface area contributed by atoms with Crippen molar-refractivity contribution in [1.82, 2.24) is 29.4 Å². The van der Waals surface area contributed by atoms with Crippen LogP contribution in [0, 0.1) is 13.8 Å². The van der Waals surface area contributed by atoms with Crippen molar-refractivity contribution in [3.8, 4) is 0 Å². The van der Waals surface area contributed by atoms with Crippen molar-refractivity contribution in [2.75, 3.05) is 5.32 Å². The van der Waals surface area contributed by atoms with E-state index in [1.54, 1.807) is 4.68 Å². The zero-order chi connectivity index (χ0) is 18.4. The second-order valence-electron chi connectivity index (χ2n) is 5.81. The highest BCUT2D eigenvalue weighted by Gasteiger charge is 2.34. The van der Waals surface area contributed by atoms with Gasteiger partial charge in [-0.3, -0.25) is 4.68 Å². The number of anilines is 1. The zero-order valence-corrected chi connectivity index (χ0v) is 14.3. The molecule has 3 heterocycles. The van der Waals surface area contributed by atoms with Gasteiger partial charge in [-0.1, -0.05) is 6.92 Å². The molecule has 0 saturated carbocycles. The predicted molar refractivity (Wildman–Crippen MR) is 85.1 cm³/mol. The third kappa shape index (κ3) is 3.03. The van der Waals surface area contributed by atoms with E-state index < -0.39 is 11.9 Å². The van der Waals surface area contributed by atoms with Crippen LogP contribution < -0.4 is 5.32 Å². The predicted octanol–water partition coefficient (Wildman–Crippen LogP) is 3.06. The molecular formula is C15H18F3N7. The van der Waals surface area contributed by atoms with Gasteiger partial charge in [0, 0.05) is 24.4 Å². The van der Waals surface area contributed by atoms with Gasteiger partial charge in [0.2, 0.25) is 0 Å². The Morgan fingerprint density at radius 3 is 2.56 bits per heavy atom. The number of nitrogens with zero attached hydrogens (tertiary/aromatic N) is 6. The lowest BCUT2D eigenvalue weighted by Crippen LogP contribution is -2.17. The van der Waals surface area contributed by atoms with E-state index in [0.717, 1.165) is 23.0 Å². The van der Waals surface area contributed by atoms with E-state index in [9.17, 15) is 13.2 Å². The fourth-order valence-electron chi connectivity index (χ4n) is 2.91. The lowest BCUT2D eigenvalue weighted by atomic mass is 10.0. The topological polar surface area (TPSA) is 72.9 Å². The summed E-state index contributed by atoms with van der Waals surface area (Å²) < 4.78 is 42.4. The first-order valence-corrected chi connectivity index (χ1v) is 7.77. The molecule has 1 unspecified atom stereocenters. The van der Waals surface area contributed by atoms with E-state index in [4.69, 9.17) is 0 Å². The van der Waals surface area contributed by atoms with Gasteiger partial charge in [-0.2, -0.15) is 32.9 Å². The molecule has 0 amide bonds. The number of nitrogens with one attached hydrogen (secondary N) is 1. The Morgan fingerprint density at radius 1 is 1.28 bits per heavy atom. The summed E-state index contributed by atoms with van der Waals surface area (Å²) in [6.45, 7) is 5.76. The molecule has 3 aromatic rings. The number of aromatic nitrogens is 6. The van der Waals surface area contributed by atoms with Gasteiger partial charge in [0.25, 0.3) is 5.78 Å². The molecule has 10 heteroatoms. The van der Waals surface area contributed by atoms with E-state index in [-0.39, 0.29) is 17.6 Å². The first kappa shape index (κ1) is 17.2. The van der Waals surface area contributed by atoms with Gasteiger partial charge in [0.1, 0.15) is 12.1 Å². The summed E-state index contributed by atoms with van der Waals surface area (Å²) in [5.41, 5.74) is 1.74. The Labute approximate surface area is 141 Å². The molecule has 7 nitrogen and oxygen atoms in total. The molecule has 3 aromatic heterocycles. The molecule has 1 N–H and O–H groups in total. The number of alkyl halides is 3. The van der Waals surface area contributed by atoms with Crippen LogP contribution in [0.2, 0.25) is 0 Å². The second kappa shape index (κ2) is 6.01. The smallest absolute Gasteiger partial charge is 0.363 e. The van der Waals surface area contributed by atoms with E-state index in [2.05, 4.69) is 25.5 Å². The first-order chi connectivity index (χ1) is 11.7. The van der Waals surface area contributed by atoms with Crippen LogP contribution in [-0.2, 0) is 13.2 Å². The number of hydrogen-bond acceptors (Lipinski definition) is 5. The van der Waals surface area contributed by atoms with E-state index in [1.807, 2.05) is 27.8 Å². The summed E-state index contributed by atoms with van der Waals surface area (Å²) in [7, 11) is 1.84. The molecule has 0 fully saturated rings. The van der Waals surface area contributed by atoms with Crippen molar-refractivity contribution >= 4 is 11.6 Å². The van der Waals surface area contributed by atoms with Crippen LogP contribution in [0.15, 0.2) is 12.4 Å². The minimum absolute atomic E-state index is 0.105. The van der Waals surface area contributed by atoms with Crippen LogP contribution in [0.5, 0.6) is 0 Å². The third-order valence-electron chi connectivity index (χ3n) is 4.19. The zero-order valence-electron chi connectivity index (χ0n) is 14.3. The van der Waals surface area contributed by atoms with Gasteiger partial charge in [-0.15, -0.1) is 0 Å². The highest BCUT2D eigenvalue weighted by atomic mass is 19.4. The first-order valence-electron chi connectivity index (χ1n) is 7.77. The number of rotatable bonds is 4. The van der Waals surface area contributed by atoms with Gasteiger partial charge >= 0.3 is 6.18 Å². The number of hydrogen-bond donors (Lipinski definition) is 1. The van der Waals surface area contributed by atoms with Crippen LogP contribution in [0.25, 0.3) is 5.78 Å². The average Bonchev–Trinajstić information content (AvgIpc) is 3.10. The molecule has 3 rings (SSSR count).